The Balaban J connectivity index is 2.61. The van der Waals surface area contributed by atoms with Crippen molar-refractivity contribution in [3.05, 3.63) is 35.4 Å². The Morgan fingerprint density at radius 2 is 1.94 bits per heavy atom. The summed E-state index contributed by atoms with van der Waals surface area (Å²) in [6.07, 6.45) is 5.71. The second-order valence-corrected chi connectivity index (χ2v) is 5.19. The minimum Gasteiger partial charge on any atom is -0.459 e. The van der Waals surface area contributed by atoms with E-state index in [4.69, 9.17) is 16.9 Å². The number of benzene rings is 1. The molecular formula is C15H19NO2. The Morgan fingerprint density at radius 3 is 2.39 bits per heavy atom. The molecule has 18 heavy (non-hydrogen) atoms. The molecule has 0 aromatic heterocycles. The van der Waals surface area contributed by atoms with Crippen molar-refractivity contribution in [2.75, 3.05) is 0 Å². The van der Waals surface area contributed by atoms with Crippen LogP contribution in [0, 0.1) is 12.3 Å². The van der Waals surface area contributed by atoms with Crippen LogP contribution in [0.5, 0.6) is 0 Å². The predicted molar refractivity (Wildman–Crippen MR) is 71.9 cm³/mol. The molecule has 1 atom stereocenters. The first kappa shape index (κ1) is 14.3. The van der Waals surface area contributed by atoms with Gasteiger partial charge in [0.1, 0.15) is 11.6 Å². The topological polar surface area (TPSA) is 52.3 Å². The molecule has 0 aliphatic heterocycles. The summed E-state index contributed by atoms with van der Waals surface area (Å²) < 4.78 is 5.22. The largest absolute Gasteiger partial charge is 0.459 e. The average Bonchev–Trinajstić information content (AvgIpc) is 2.27. The van der Waals surface area contributed by atoms with E-state index >= 15 is 0 Å². The van der Waals surface area contributed by atoms with E-state index in [1.54, 1.807) is 0 Å². The van der Waals surface area contributed by atoms with Gasteiger partial charge in [0.15, 0.2) is 0 Å². The molecule has 3 heteroatoms. The van der Waals surface area contributed by atoms with Gasteiger partial charge in [0.25, 0.3) is 0 Å². The Bertz CT molecular complexity index is 449. The van der Waals surface area contributed by atoms with Gasteiger partial charge in [-0.15, -0.1) is 6.42 Å². The third kappa shape index (κ3) is 4.60. The highest BCUT2D eigenvalue weighted by atomic mass is 16.6. The normalized spacial score (nSPS) is 12.6. The van der Waals surface area contributed by atoms with Crippen LogP contribution in [-0.2, 0) is 16.0 Å². The van der Waals surface area contributed by atoms with Gasteiger partial charge in [-0.25, -0.2) is 0 Å². The molecule has 96 valence electrons. The summed E-state index contributed by atoms with van der Waals surface area (Å²) in [5.74, 6) is 2.15. The van der Waals surface area contributed by atoms with Gasteiger partial charge in [0.05, 0.1) is 0 Å². The van der Waals surface area contributed by atoms with Crippen LogP contribution < -0.4 is 5.73 Å². The van der Waals surface area contributed by atoms with Gasteiger partial charge in [-0.3, -0.25) is 4.79 Å². The molecule has 1 aromatic rings. The van der Waals surface area contributed by atoms with Crippen molar-refractivity contribution in [3.8, 4) is 12.3 Å². The summed E-state index contributed by atoms with van der Waals surface area (Å²) in [5, 5.41) is 0. The lowest BCUT2D eigenvalue weighted by molar-refractivity contribution is -0.156. The van der Waals surface area contributed by atoms with Crippen LogP contribution in [0.3, 0.4) is 0 Å². The Labute approximate surface area is 108 Å². The monoisotopic (exact) mass is 245 g/mol. The molecule has 0 aliphatic carbocycles. The number of nitrogens with two attached hydrogens (primary N) is 1. The van der Waals surface area contributed by atoms with Crippen LogP contribution in [0.4, 0.5) is 0 Å². The van der Waals surface area contributed by atoms with Gasteiger partial charge >= 0.3 is 5.97 Å². The molecule has 0 bridgehead atoms. The van der Waals surface area contributed by atoms with Crippen LogP contribution in [0.1, 0.15) is 31.9 Å². The van der Waals surface area contributed by atoms with Crippen LogP contribution >= 0.6 is 0 Å². The van der Waals surface area contributed by atoms with E-state index in [2.05, 4.69) is 5.92 Å². The van der Waals surface area contributed by atoms with Crippen molar-refractivity contribution in [1.29, 1.82) is 0 Å². The zero-order valence-corrected chi connectivity index (χ0v) is 11.1. The van der Waals surface area contributed by atoms with Crippen molar-refractivity contribution in [2.45, 2.75) is 38.8 Å². The Hall–Kier alpha value is -1.79. The molecule has 2 N–H and O–H groups in total. The van der Waals surface area contributed by atoms with Gasteiger partial charge in [0.2, 0.25) is 0 Å². The van der Waals surface area contributed by atoms with Crippen LogP contribution in [0.2, 0.25) is 0 Å². The van der Waals surface area contributed by atoms with Crippen molar-refractivity contribution in [3.63, 3.8) is 0 Å². The first-order valence-corrected chi connectivity index (χ1v) is 5.86. The average molecular weight is 245 g/mol. The lowest BCUT2D eigenvalue weighted by atomic mass is 10.0. The van der Waals surface area contributed by atoms with Gasteiger partial charge in [-0.2, -0.15) is 0 Å². The third-order valence-corrected chi connectivity index (χ3v) is 2.29. The molecule has 0 heterocycles. The van der Waals surface area contributed by atoms with Gasteiger partial charge in [0, 0.05) is 5.56 Å². The summed E-state index contributed by atoms with van der Waals surface area (Å²) >= 11 is 0. The van der Waals surface area contributed by atoms with E-state index in [-0.39, 0.29) is 5.97 Å². The van der Waals surface area contributed by atoms with Crippen LogP contribution in [-0.4, -0.2) is 17.6 Å². The maximum atomic E-state index is 11.7. The number of carbonyl (C=O) groups is 1. The minimum absolute atomic E-state index is 0.386. The van der Waals surface area contributed by atoms with Gasteiger partial charge in [-0.05, 0) is 44.9 Å². The van der Waals surface area contributed by atoms with E-state index in [9.17, 15) is 4.79 Å². The Morgan fingerprint density at radius 1 is 1.39 bits per heavy atom. The van der Waals surface area contributed by atoms with Gasteiger partial charge in [-0.1, -0.05) is 18.1 Å². The maximum Gasteiger partial charge on any atom is 0.323 e. The SMILES string of the molecule is C#Cc1ccc(C[C@@H](N)C(=O)OC(C)(C)C)cc1. The molecular weight excluding hydrogens is 226 g/mol. The summed E-state index contributed by atoms with van der Waals surface area (Å²) in [7, 11) is 0. The maximum absolute atomic E-state index is 11.7. The lowest BCUT2D eigenvalue weighted by Crippen LogP contribution is -2.38. The number of esters is 1. The quantitative estimate of drug-likeness (QED) is 0.653. The fourth-order valence-electron chi connectivity index (χ4n) is 1.45. The van der Waals surface area contributed by atoms with Crippen molar-refractivity contribution in [2.24, 2.45) is 5.73 Å². The molecule has 0 radical (unpaired) electrons. The molecule has 3 nitrogen and oxygen atoms in total. The zero-order valence-electron chi connectivity index (χ0n) is 11.1. The number of hydrogen-bond acceptors (Lipinski definition) is 3. The summed E-state index contributed by atoms with van der Waals surface area (Å²) in [6, 6.07) is 6.76. The van der Waals surface area contributed by atoms with E-state index in [0.29, 0.717) is 6.42 Å². The highest BCUT2D eigenvalue weighted by Gasteiger charge is 2.22. The fourth-order valence-corrected chi connectivity index (χ4v) is 1.45. The number of carbonyl (C=O) groups excluding carboxylic acids is 1. The van der Waals surface area contributed by atoms with Crippen LogP contribution in [0.25, 0.3) is 0 Å². The standard InChI is InChI=1S/C15H19NO2/c1-5-11-6-8-12(9-7-11)10-13(16)14(17)18-15(2,3)4/h1,6-9,13H,10,16H2,2-4H3/t13-/m1/s1. The zero-order chi connectivity index (χ0) is 13.8. The van der Waals surface area contributed by atoms with E-state index in [0.717, 1.165) is 11.1 Å². The van der Waals surface area contributed by atoms with E-state index in [1.165, 1.54) is 0 Å². The second kappa shape index (κ2) is 5.70. The van der Waals surface area contributed by atoms with Gasteiger partial charge < -0.3 is 10.5 Å². The number of hydrogen-bond donors (Lipinski definition) is 1. The molecule has 0 spiro atoms. The highest BCUT2D eigenvalue weighted by molar-refractivity contribution is 5.76. The van der Waals surface area contributed by atoms with Crippen molar-refractivity contribution in [1.82, 2.24) is 0 Å². The smallest absolute Gasteiger partial charge is 0.323 e. The minimum atomic E-state index is -0.652. The molecule has 0 aliphatic rings. The van der Waals surface area contributed by atoms with E-state index < -0.39 is 11.6 Å². The molecule has 0 saturated carbocycles. The molecule has 0 amide bonds. The summed E-state index contributed by atoms with van der Waals surface area (Å²) in [5.41, 5.74) is 7.08. The first-order chi connectivity index (χ1) is 8.31. The second-order valence-electron chi connectivity index (χ2n) is 5.19. The molecule has 0 fully saturated rings. The molecule has 0 saturated heterocycles. The van der Waals surface area contributed by atoms with Crippen molar-refractivity contribution < 1.29 is 9.53 Å². The number of ether oxygens (including phenoxy) is 1. The van der Waals surface area contributed by atoms with E-state index in [1.807, 2.05) is 45.0 Å². The predicted octanol–water partition coefficient (Wildman–Crippen LogP) is 1.88. The number of rotatable bonds is 3. The summed E-state index contributed by atoms with van der Waals surface area (Å²) in [4.78, 5) is 11.7. The van der Waals surface area contributed by atoms with Crippen molar-refractivity contribution >= 4 is 5.97 Å². The summed E-state index contributed by atoms with van der Waals surface area (Å²) in [6.45, 7) is 5.46. The fraction of sp³-hybridized carbons (Fsp3) is 0.400. The first-order valence-electron chi connectivity index (χ1n) is 5.86. The highest BCUT2D eigenvalue weighted by Crippen LogP contribution is 2.11. The molecule has 0 unspecified atom stereocenters. The molecule has 1 rings (SSSR count). The third-order valence-electron chi connectivity index (χ3n) is 2.29. The van der Waals surface area contributed by atoms with Crippen LogP contribution in [0.15, 0.2) is 24.3 Å². The Kier molecular flexibility index (Phi) is 4.52. The lowest BCUT2D eigenvalue weighted by Gasteiger charge is -2.22. The molecule has 1 aromatic carbocycles. The number of terminal acetylenes is 1.